The van der Waals surface area contributed by atoms with Crippen molar-refractivity contribution in [2.24, 2.45) is 7.05 Å². The van der Waals surface area contributed by atoms with E-state index < -0.39 is 75.6 Å². The van der Waals surface area contributed by atoms with Crippen molar-refractivity contribution in [1.29, 1.82) is 0 Å². The summed E-state index contributed by atoms with van der Waals surface area (Å²) in [6.07, 6.45) is -0.646. The third kappa shape index (κ3) is 5.73. The molecule has 1 aromatic heterocycles. The first-order valence-electron chi connectivity index (χ1n) is 15.7. The number of benzene rings is 3. The maximum atomic E-state index is 15.6. The minimum absolute atomic E-state index is 0.0390. The van der Waals surface area contributed by atoms with Crippen LogP contribution in [0.3, 0.4) is 0 Å². The van der Waals surface area contributed by atoms with Crippen LogP contribution >= 0.6 is 0 Å². The number of aromatic hydroxyl groups is 1. The van der Waals surface area contributed by atoms with Gasteiger partial charge in [-0.3, -0.25) is 38.5 Å². The van der Waals surface area contributed by atoms with Crippen molar-refractivity contribution in [3.05, 3.63) is 64.3 Å². The summed E-state index contributed by atoms with van der Waals surface area (Å²) in [5, 5.41) is 15.5. The van der Waals surface area contributed by atoms with Crippen LogP contribution in [0.2, 0.25) is 0 Å². The molecule has 4 aromatic rings. The lowest BCUT2D eigenvalue weighted by molar-refractivity contribution is -0.135. The maximum Gasteiger partial charge on any atom is 0.329 e. The number of carbonyl (C=O) groups excluding carboxylic acids is 4. The Morgan fingerprint density at radius 3 is 2.52 bits per heavy atom. The molecule has 0 saturated carbocycles. The van der Waals surface area contributed by atoms with Crippen LogP contribution < -0.4 is 25.4 Å². The minimum atomic E-state index is -4.37. The predicted octanol–water partition coefficient (Wildman–Crippen LogP) is 1.26. The molecular weight excluding hydrogens is 680 g/mol. The van der Waals surface area contributed by atoms with Crippen LogP contribution in [-0.4, -0.2) is 83.5 Å². The number of rotatable bonds is 6. The SMILES string of the molecule is Cn1c(=O)n(C2CCC(=O)NC2=O)c2ccc([C@@H]3CCN(CC(=O)Nc4ccc5c(F)c(N6CC(=O)NS6(=O)=O)c(O)cc5c4)C[C@H]3F)cc21. The van der Waals surface area contributed by atoms with E-state index in [1.54, 1.807) is 34.9 Å². The molecule has 3 aliphatic rings. The Morgan fingerprint density at radius 1 is 1.04 bits per heavy atom. The fourth-order valence-corrected chi connectivity index (χ4v) is 8.19. The first kappa shape index (κ1) is 33.2. The highest BCUT2D eigenvalue weighted by atomic mass is 32.2. The lowest BCUT2D eigenvalue weighted by atomic mass is 9.87. The number of halogens is 2. The average molecular weight is 712 g/mol. The van der Waals surface area contributed by atoms with E-state index in [1.165, 1.54) is 27.3 Å². The van der Waals surface area contributed by atoms with E-state index in [0.29, 0.717) is 33.9 Å². The Hall–Kier alpha value is -5.36. The molecule has 4 N–H and O–H groups in total. The van der Waals surface area contributed by atoms with Gasteiger partial charge in [0, 0.05) is 37.0 Å². The second-order valence-electron chi connectivity index (χ2n) is 12.7. The highest BCUT2D eigenvalue weighted by Gasteiger charge is 2.38. The summed E-state index contributed by atoms with van der Waals surface area (Å²) in [6.45, 7) is -0.480. The van der Waals surface area contributed by atoms with Crippen molar-refractivity contribution in [2.45, 2.75) is 37.4 Å². The fourth-order valence-electron chi connectivity index (χ4n) is 7.03. The van der Waals surface area contributed by atoms with Gasteiger partial charge in [0.2, 0.25) is 17.7 Å². The number of carbonyl (C=O) groups is 4. The molecule has 15 nitrogen and oxygen atoms in total. The number of anilines is 2. The van der Waals surface area contributed by atoms with Crippen molar-refractivity contribution in [3.63, 3.8) is 0 Å². The number of nitrogens with one attached hydrogen (secondary N) is 3. The topological polar surface area (TPSA) is 192 Å². The number of alkyl halides is 1. The van der Waals surface area contributed by atoms with E-state index >= 15 is 8.78 Å². The van der Waals surface area contributed by atoms with Crippen molar-refractivity contribution >= 4 is 67.0 Å². The Morgan fingerprint density at radius 2 is 1.82 bits per heavy atom. The molecular formula is C32H31F2N7O8S. The molecule has 4 amide bonds. The third-order valence-electron chi connectivity index (χ3n) is 9.44. The number of aryl methyl sites for hydroxylation is 1. The molecule has 3 atom stereocenters. The smallest absolute Gasteiger partial charge is 0.329 e. The predicted molar refractivity (Wildman–Crippen MR) is 176 cm³/mol. The van der Waals surface area contributed by atoms with Gasteiger partial charge in [-0.2, -0.15) is 8.42 Å². The Kier molecular flexibility index (Phi) is 8.09. The van der Waals surface area contributed by atoms with Crippen molar-refractivity contribution in [3.8, 4) is 5.75 Å². The first-order chi connectivity index (χ1) is 23.7. The lowest BCUT2D eigenvalue weighted by Crippen LogP contribution is -2.44. The van der Waals surface area contributed by atoms with Gasteiger partial charge in [0.1, 0.15) is 30.2 Å². The van der Waals surface area contributed by atoms with Gasteiger partial charge in [0.15, 0.2) is 5.82 Å². The van der Waals surface area contributed by atoms with Gasteiger partial charge in [0.25, 0.3) is 5.91 Å². The van der Waals surface area contributed by atoms with Gasteiger partial charge in [-0.15, -0.1) is 0 Å². The summed E-state index contributed by atoms with van der Waals surface area (Å²) >= 11 is 0. The van der Waals surface area contributed by atoms with Crippen LogP contribution in [-0.2, 0) is 36.4 Å². The molecule has 0 spiro atoms. The van der Waals surface area contributed by atoms with Gasteiger partial charge in [-0.05, 0) is 66.7 Å². The summed E-state index contributed by atoms with van der Waals surface area (Å²) in [5.41, 5.74) is 0.862. The average Bonchev–Trinajstić information content (AvgIpc) is 3.45. The van der Waals surface area contributed by atoms with Crippen molar-refractivity contribution in [2.75, 3.05) is 35.8 Å². The summed E-state index contributed by atoms with van der Waals surface area (Å²) < 4.78 is 60.4. The second kappa shape index (κ2) is 12.2. The van der Waals surface area contributed by atoms with E-state index in [2.05, 4.69) is 10.6 Å². The number of nitrogens with zero attached hydrogens (tertiary/aromatic N) is 4. The van der Waals surface area contributed by atoms with E-state index in [0.717, 1.165) is 6.07 Å². The van der Waals surface area contributed by atoms with Crippen LogP contribution in [0.25, 0.3) is 21.8 Å². The normalized spacial score (nSPS) is 22.6. The number of hydrogen-bond acceptors (Lipinski definition) is 9. The van der Waals surface area contributed by atoms with Gasteiger partial charge in [-0.25, -0.2) is 22.6 Å². The second-order valence-corrected chi connectivity index (χ2v) is 14.2. The molecule has 3 aliphatic heterocycles. The number of aromatic nitrogens is 2. The largest absolute Gasteiger partial charge is 0.506 e. The number of hydrogen-bond donors (Lipinski definition) is 4. The van der Waals surface area contributed by atoms with Gasteiger partial charge in [-0.1, -0.05) is 6.07 Å². The highest BCUT2D eigenvalue weighted by molar-refractivity contribution is 7.92. The molecule has 3 saturated heterocycles. The monoisotopic (exact) mass is 711 g/mol. The fraction of sp³-hybridized carbons (Fsp3) is 0.344. The first-order valence-corrected chi connectivity index (χ1v) is 17.1. The Bertz CT molecular complexity index is 2310. The maximum absolute atomic E-state index is 15.6. The lowest BCUT2D eigenvalue weighted by Gasteiger charge is -2.34. The van der Waals surface area contributed by atoms with E-state index in [-0.39, 0.29) is 48.3 Å². The molecule has 0 bridgehead atoms. The van der Waals surface area contributed by atoms with Crippen LogP contribution in [0.5, 0.6) is 5.75 Å². The summed E-state index contributed by atoms with van der Waals surface area (Å²) in [5.74, 6) is -4.57. The number of phenols is 1. The summed E-state index contributed by atoms with van der Waals surface area (Å²) in [6, 6.07) is 9.53. The molecule has 18 heteroatoms. The number of fused-ring (bicyclic) bond motifs is 2. The van der Waals surface area contributed by atoms with Crippen LogP contribution in [0.1, 0.15) is 36.8 Å². The van der Waals surface area contributed by atoms with Crippen molar-refractivity contribution in [1.82, 2.24) is 24.1 Å². The van der Waals surface area contributed by atoms with E-state index in [1.807, 2.05) is 0 Å². The molecule has 7 rings (SSSR count). The number of phenolic OH excluding ortho intramolecular Hbond substituents is 1. The molecule has 3 aromatic carbocycles. The summed E-state index contributed by atoms with van der Waals surface area (Å²) in [7, 11) is -2.80. The number of imide groups is 1. The molecule has 50 heavy (non-hydrogen) atoms. The van der Waals surface area contributed by atoms with Crippen LogP contribution in [0, 0.1) is 5.82 Å². The quantitative estimate of drug-likeness (QED) is 0.213. The molecule has 0 aliphatic carbocycles. The van der Waals surface area contributed by atoms with Crippen LogP contribution in [0.4, 0.5) is 20.2 Å². The molecule has 4 heterocycles. The van der Waals surface area contributed by atoms with Gasteiger partial charge >= 0.3 is 15.9 Å². The number of amides is 4. The van der Waals surface area contributed by atoms with Crippen molar-refractivity contribution < 1.29 is 41.5 Å². The molecule has 0 radical (unpaired) electrons. The minimum Gasteiger partial charge on any atom is -0.506 e. The molecule has 3 fully saturated rings. The van der Waals surface area contributed by atoms with Crippen LogP contribution in [0.15, 0.2) is 47.3 Å². The van der Waals surface area contributed by atoms with Gasteiger partial charge < -0.3 is 10.4 Å². The van der Waals surface area contributed by atoms with E-state index in [9.17, 15) is 37.5 Å². The zero-order chi connectivity index (χ0) is 35.6. The zero-order valence-electron chi connectivity index (χ0n) is 26.5. The highest BCUT2D eigenvalue weighted by Crippen LogP contribution is 2.39. The third-order valence-corrected chi connectivity index (χ3v) is 10.8. The van der Waals surface area contributed by atoms with Gasteiger partial charge in [0.05, 0.1) is 17.6 Å². The van der Waals surface area contributed by atoms with E-state index in [4.69, 9.17) is 0 Å². The zero-order valence-corrected chi connectivity index (χ0v) is 27.3. The number of imidazole rings is 1. The standard InChI is InChI=1S/C32H31F2N7O8S/c1-38-24-11-16(2-5-22(24)41(32(38)47)23-6-7-26(43)36-31(23)46)19-8-9-39(13-21(19)33)14-27(44)35-18-3-4-20-17(10-18)12-25(42)30(29(20)34)40-15-28(45)37-50(40,48)49/h2-5,10-12,19,21,23,42H,6-9,13-15H2,1H3,(H,35,44)(H,37,45)(H,36,43,46)/t19-,21+,23?/m0/s1. The number of likely N-dealkylation sites (tertiary alicyclic amines) is 1. The molecule has 1 unspecified atom stereocenters. The molecule has 262 valence electrons. The Labute approximate surface area is 282 Å². The Balaban J connectivity index is 1.02. The summed E-state index contributed by atoms with van der Waals surface area (Å²) in [4.78, 5) is 63.4. The number of piperidine rings is 2.